The summed E-state index contributed by atoms with van der Waals surface area (Å²) in [7, 11) is 3.14. The molecule has 0 bridgehead atoms. The topological polar surface area (TPSA) is 82.5 Å². The van der Waals surface area contributed by atoms with Gasteiger partial charge in [-0.05, 0) is 31.2 Å². The summed E-state index contributed by atoms with van der Waals surface area (Å²) in [6.07, 6.45) is 0. The number of benzene rings is 2. The van der Waals surface area contributed by atoms with E-state index in [1.165, 1.54) is 16.3 Å². The van der Waals surface area contributed by atoms with Gasteiger partial charge in [-0.2, -0.15) is 0 Å². The Hall–Kier alpha value is -2.84. The lowest BCUT2D eigenvalue weighted by Crippen LogP contribution is -2.36. The van der Waals surface area contributed by atoms with Crippen LogP contribution in [0.5, 0.6) is 5.75 Å². The SMILES string of the molecule is COC[C@@H](C)NC(=O)CSc1nc2ccccc2c(=O)n1-c1ccccc1OC. The lowest BCUT2D eigenvalue weighted by atomic mass is 10.2. The second-order valence-corrected chi connectivity index (χ2v) is 7.38. The van der Waals surface area contributed by atoms with Crippen molar-refractivity contribution >= 4 is 28.6 Å². The monoisotopic (exact) mass is 413 g/mol. The smallest absolute Gasteiger partial charge is 0.266 e. The summed E-state index contributed by atoms with van der Waals surface area (Å²) in [4.78, 5) is 30.2. The molecule has 0 fully saturated rings. The minimum absolute atomic E-state index is 0.103. The van der Waals surface area contributed by atoms with E-state index in [0.29, 0.717) is 34.1 Å². The average molecular weight is 413 g/mol. The normalized spacial score (nSPS) is 12.0. The Morgan fingerprint density at radius 3 is 2.66 bits per heavy atom. The van der Waals surface area contributed by atoms with Crippen LogP contribution < -0.4 is 15.6 Å². The van der Waals surface area contributed by atoms with Crippen LogP contribution in [0.25, 0.3) is 16.6 Å². The lowest BCUT2D eigenvalue weighted by molar-refractivity contribution is -0.119. The summed E-state index contributed by atoms with van der Waals surface area (Å²) in [5, 5.41) is 3.78. The highest BCUT2D eigenvalue weighted by atomic mass is 32.2. The third kappa shape index (κ3) is 4.78. The molecule has 0 radical (unpaired) electrons. The van der Waals surface area contributed by atoms with Crippen molar-refractivity contribution in [2.75, 3.05) is 26.6 Å². The first-order valence-corrected chi connectivity index (χ1v) is 10.1. The van der Waals surface area contributed by atoms with Crippen molar-refractivity contribution in [3.63, 3.8) is 0 Å². The molecule has 0 unspecified atom stereocenters. The lowest BCUT2D eigenvalue weighted by Gasteiger charge is -2.16. The van der Waals surface area contributed by atoms with Crippen molar-refractivity contribution in [3.05, 3.63) is 58.9 Å². The Morgan fingerprint density at radius 1 is 1.17 bits per heavy atom. The molecule has 0 saturated heterocycles. The van der Waals surface area contributed by atoms with Gasteiger partial charge in [0.05, 0.1) is 36.1 Å². The zero-order chi connectivity index (χ0) is 20.8. The minimum Gasteiger partial charge on any atom is -0.495 e. The molecule has 3 rings (SSSR count). The summed E-state index contributed by atoms with van der Waals surface area (Å²) in [6.45, 7) is 2.29. The fraction of sp³-hybridized carbons (Fsp3) is 0.286. The van der Waals surface area contributed by atoms with Crippen molar-refractivity contribution < 1.29 is 14.3 Å². The predicted octanol–water partition coefficient (Wildman–Crippen LogP) is 2.64. The van der Waals surface area contributed by atoms with Gasteiger partial charge in [0.2, 0.25) is 5.91 Å². The highest BCUT2D eigenvalue weighted by Crippen LogP contribution is 2.26. The maximum Gasteiger partial charge on any atom is 0.266 e. The Morgan fingerprint density at radius 2 is 1.90 bits per heavy atom. The number of hydrogen-bond acceptors (Lipinski definition) is 6. The van der Waals surface area contributed by atoms with E-state index in [1.807, 2.05) is 25.1 Å². The number of methoxy groups -OCH3 is 2. The molecule has 3 aromatic rings. The number of fused-ring (bicyclic) bond motifs is 1. The molecule has 0 saturated carbocycles. The zero-order valence-corrected chi connectivity index (χ0v) is 17.4. The molecule has 1 amide bonds. The first kappa shape index (κ1) is 20.9. The summed E-state index contributed by atoms with van der Waals surface area (Å²) in [6, 6.07) is 14.3. The quantitative estimate of drug-likeness (QED) is 0.452. The summed E-state index contributed by atoms with van der Waals surface area (Å²) < 4.78 is 12.0. The van der Waals surface area contributed by atoms with Crippen molar-refractivity contribution in [1.29, 1.82) is 0 Å². The first-order chi connectivity index (χ1) is 14.0. The highest BCUT2D eigenvalue weighted by Gasteiger charge is 2.17. The van der Waals surface area contributed by atoms with Crippen LogP contribution in [-0.2, 0) is 9.53 Å². The van der Waals surface area contributed by atoms with Gasteiger partial charge in [-0.1, -0.05) is 36.0 Å². The van der Waals surface area contributed by atoms with E-state index in [-0.39, 0.29) is 23.3 Å². The number of carbonyl (C=O) groups excluding carboxylic acids is 1. The molecule has 152 valence electrons. The zero-order valence-electron chi connectivity index (χ0n) is 16.5. The molecular weight excluding hydrogens is 390 g/mol. The van der Waals surface area contributed by atoms with Crippen molar-refractivity contribution in [1.82, 2.24) is 14.9 Å². The van der Waals surface area contributed by atoms with Crippen LogP contribution in [0.4, 0.5) is 0 Å². The van der Waals surface area contributed by atoms with Crippen molar-refractivity contribution in [2.24, 2.45) is 0 Å². The van der Waals surface area contributed by atoms with Crippen LogP contribution in [0.2, 0.25) is 0 Å². The number of hydrogen-bond donors (Lipinski definition) is 1. The largest absolute Gasteiger partial charge is 0.495 e. The summed E-state index contributed by atoms with van der Waals surface area (Å²) >= 11 is 1.20. The fourth-order valence-corrected chi connectivity index (χ4v) is 3.79. The van der Waals surface area contributed by atoms with Crippen molar-refractivity contribution in [3.8, 4) is 11.4 Å². The predicted molar refractivity (Wildman–Crippen MR) is 114 cm³/mol. The second kappa shape index (κ2) is 9.58. The fourth-order valence-electron chi connectivity index (χ4n) is 2.97. The van der Waals surface area contributed by atoms with Crippen LogP contribution in [0.1, 0.15) is 6.92 Å². The van der Waals surface area contributed by atoms with Gasteiger partial charge in [-0.25, -0.2) is 4.98 Å². The highest BCUT2D eigenvalue weighted by molar-refractivity contribution is 7.99. The van der Waals surface area contributed by atoms with Gasteiger partial charge in [0.1, 0.15) is 5.75 Å². The van der Waals surface area contributed by atoms with Gasteiger partial charge >= 0.3 is 0 Å². The Balaban J connectivity index is 2.01. The number of rotatable bonds is 8. The summed E-state index contributed by atoms with van der Waals surface area (Å²) in [5.74, 6) is 0.508. The van der Waals surface area contributed by atoms with E-state index in [9.17, 15) is 9.59 Å². The molecule has 2 aromatic carbocycles. The Bertz CT molecular complexity index is 1070. The summed E-state index contributed by atoms with van der Waals surface area (Å²) in [5.41, 5.74) is 0.948. The van der Waals surface area contributed by atoms with E-state index in [1.54, 1.807) is 44.6 Å². The van der Waals surface area contributed by atoms with Gasteiger partial charge in [0.15, 0.2) is 5.16 Å². The molecular formula is C21H23N3O4S. The van der Waals surface area contributed by atoms with E-state index < -0.39 is 0 Å². The maximum absolute atomic E-state index is 13.3. The number of nitrogens with one attached hydrogen (secondary N) is 1. The van der Waals surface area contributed by atoms with Crippen LogP contribution in [0.3, 0.4) is 0 Å². The molecule has 8 heteroatoms. The number of thioether (sulfide) groups is 1. The molecule has 1 N–H and O–H groups in total. The van der Waals surface area contributed by atoms with Gasteiger partial charge in [-0.3, -0.25) is 14.2 Å². The molecule has 0 aliphatic rings. The molecule has 0 spiro atoms. The van der Waals surface area contributed by atoms with Gasteiger partial charge in [0.25, 0.3) is 5.56 Å². The molecule has 1 aromatic heterocycles. The number of nitrogens with zero attached hydrogens (tertiary/aromatic N) is 2. The molecule has 1 heterocycles. The minimum atomic E-state index is -0.212. The second-order valence-electron chi connectivity index (χ2n) is 6.44. The van der Waals surface area contributed by atoms with Crippen LogP contribution >= 0.6 is 11.8 Å². The van der Waals surface area contributed by atoms with Crippen LogP contribution in [0, 0.1) is 0 Å². The maximum atomic E-state index is 13.3. The third-order valence-corrected chi connectivity index (χ3v) is 5.17. The Kier molecular flexibility index (Phi) is 6.90. The molecule has 29 heavy (non-hydrogen) atoms. The molecule has 0 aliphatic carbocycles. The van der Waals surface area contributed by atoms with E-state index in [2.05, 4.69) is 10.3 Å². The standard InChI is InChI=1S/C21H23N3O4S/c1-14(12-27-2)22-19(25)13-29-21-23-16-9-5-4-8-15(16)20(26)24(21)17-10-6-7-11-18(17)28-3/h4-11,14H,12-13H2,1-3H3,(H,22,25)/t14-/m1/s1. The van der Waals surface area contributed by atoms with E-state index in [0.717, 1.165) is 0 Å². The molecule has 7 nitrogen and oxygen atoms in total. The first-order valence-electron chi connectivity index (χ1n) is 9.11. The number of para-hydroxylation sites is 3. The number of ether oxygens (including phenoxy) is 2. The van der Waals surface area contributed by atoms with Crippen LogP contribution in [-0.4, -0.2) is 48.1 Å². The number of amides is 1. The van der Waals surface area contributed by atoms with Gasteiger partial charge in [0, 0.05) is 13.2 Å². The third-order valence-electron chi connectivity index (χ3n) is 4.23. The molecule has 0 aliphatic heterocycles. The van der Waals surface area contributed by atoms with E-state index in [4.69, 9.17) is 9.47 Å². The van der Waals surface area contributed by atoms with Gasteiger partial charge < -0.3 is 14.8 Å². The van der Waals surface area contributed by atoms with Crippen molar-refractivity contribution in [2.45, 2.75) is 18.1 Å². The average Bonchev–Trinajstić information content (AvgIpc) is 2.72. The number of carbonyl (C=O) groups is 1. The molecule has 1 atom stereocenters. The van der Waals surface area contributed by atoms with Gasteiger partial charge in [-0.15, -0.1) is 0 Å². The van der Waals surface area contributed by atoms with Crippen LogP contribution in [0.15, 0.2) is 58.5 Å². The Labute approximate surface area is 173 Å². The van der Waals surface area contributed by atoms with E-state index >= 15 is 0 Å². The number of aromatic nitrogens is 2.